The first kappa shape index (κ1) is 18.8. The third-order valence-electron chi connectivity index (χ3n) is 7.02. The number of rotatable bonds is 3. The number of ether oxygens (including phenoxy) is 2. The molecular formula is C22H34O3. The molecule has 3 rings (SSSR count). The molecule has 0 N–H and O–H groups in total. The van der Waals surface area contributed by atoms with Gasteiger partial charge in [0.25, 0.3) is 0 Å². The number of Topliss-reactive ketones (excluding diaryl/α,β-unsaturated/α-hetero) is 1. The molecule has 0 aliphatic heterocycles. The van der Waals surface area contributed by atoms with Crippen molar-refractivity contribution in [3.8, 4) is 0 Å². The van der Waals surface area contributed by atoms with Crippen molar-refractivity contribution < 1.29 is 14.3 Å². The van der Waals surface area contributed by atoms with E-state index in [1.54, 1.807) is 18.3 Å². The van der Waals surface area contributed by atoms with Gasteiger partial charge in [-0.2, -0.15) is 0 Å². The second kappa shape index (κ2) is 7.36. The van der Waals surface area contributed by atoms with Gasteiger partial charge in [0.1, 0.15) is 12.9 Å². The highest BCUT2D eigenvalue weighted by atomic mass is 16.7. The lowest BCUT2D eigenvalue weighted by Crippen LogP contribution is -2.48. The molecule has 0 aromatic heterocycles. The molecule has 0 amide bonds. The summed E-state index contributed by atoms with van der Waals surface area (Å²) in [5, 5.41) is 0. The number of methoxy groups -OCH3 is 1. The Hall–Kier alpha value is -0.930. The molecule has 0 spiro atoms. The minimum atomic E-state index is -0.363. The van der Waals surface area contributed by atoms with E-state index in [4.69, 9.17) is 9.47 Å². The molecule has 0 saturated heterocycles. The summed E-state index contributed by atoms with van der Waals surface area (Å²) in [6, 6.07) is 0. The zero-order valence-corrected chi connectivity index (χ0v) is 16.6. The normalized spacial score (nSPS) is 39.6. The topological polar surface area (TPSA) is 35.5 Å². The molecule has 140 valence electrons. The van der Waals surface area contributed by atoms with Crippen LogP contribution in [0.2, 0.25) is 0 Å². The highest BCUT2D eigenvalue weighted by Crippen LogP contribution is 2.58. The summed E-state index contributed by atoms with van der Waals surface area (Å²) in [5.74, 6) is 1.27. The van der Waals surface area contributed by atoms with E-state index in [2.05, 4.69) is 27.7 Å². The number of carbonyl (C=O) groups excluding carboxylic acids is 1. The van der Waals surface area contributed by atoms with E-state index in [0.717, 1.165) is 31.3 Å². The highest BCUT2D eigenvalue weighted by Gasteiger charge is 2.55. The van der Waals surface area contributed by atoms with Crippen LogP contribution in [0.15, 0.2) is 22.3 Å². The molecule has 1 saturated carbocycles. The summed E-state index contributed by atoms with van der Waals surface area (Å²) in [4.78, 5) is 13.3. The molecule has 3 aliphatic rings. The van der Waals surface area contributed by atoms with Gasteiger partial charge in [-0.25, -0.2) is 0 Å². The largest absolute Gasteiger partial charge is 0.359 e. The molecular weight excluding hydrogens is 312 g/mol. The third-order valence-corrected chi connectivity index (χ3v) is 7.02. The lowest BCUT2D eigenvalue weighted by molar-refractivity contribution is -0.155. The van der Waals surface area contributed by atoms with E-state index < -0.39 is 0 Å². The van der Waals surface area contributed by atoms with E-state index in [-0.39, 0.29) is 24.1 Å². The molecule has 3 aliphatic carbocycles. The van der Waals surface area contributed by atoms with Crippen LogP contribution in [-0.4, -0.2) is 25.8 Å². The van der Waals surface area contributed by atoms with Crippen molar-refractivity contribution in [1.82, 2.24) is 0 Å². The van der Waals surface area contributed by atoms with Gasteiger partial charge in [-0.05, 0) is 63.9 Å². The Kier molecular flexibility index (Phi) is 5.55. The average molecular weight is 347 g/mol. The molecule has 0 heterocycles. The molecule has 0 aromatic rings. The Bertz CT molecular complexity index is 600. The maximum absolute atomic E-state index is 13.3. The van der Waals surface area contributed by atoms with Crippen molar-refractivity contribution in [2.24, 2.45) is 17.3 Å². The lowest BCUT2D eigenvalue weighted by atomic mass is 9.63. The van der Waals surface area contributed by atoms with Gasteiger partial charge in [0.15, 0.2) is 5.78 Å². The van der Waals surface area contributed by atoms with Crippen LogP contribution in [0.25, 0.3) is 0 Å². The summed E-state index contributed by atoms with van der Waals surface area (Å²) in [5.41, 5.74) is 5.39. The van der Waals surface area contributed by atoms with Crippen molar-refractivity contribution in [3.63, 3.8) is 0 Å². The molecule has 3 heteroatoms. The maximum atomic E-state index is 13.3. The number of ketones is 1. The van der Waals surface area contributed by atoms with E-state index >= 15 is 0 Å². The second-order valence-electron chi connectivity index (χ2n) is 8.76. The van der Waals surface area contributed by atoms with Gasteiger partial charge < -0.3 is 9.47 Å². The van der Waals surface area contributed by atoms with Gasteiger partial charge in [0.2, 0.25) is 0 Å². The predicted molar refractivity (Wildman–Crippen MR) is 100 cm³/mol. The van der Waals surface area contributed by atoms with E-state index in [1.165, 1.54) is 24.8 Å². The second-order valence-corrected chi connectivity index (χ2v) is 8.76. The van der Waals surface area contributed by atoms with Crippen molar-refractivity contribution in [2.75, 3.05) is 13.9 Å². The summed E-state index contributed by atoms with van der Waals surface area (Å²) in [6.45, 7) is 9.31. The molecule has 0 radical (unpaired) electrons. The Labute approximate surface area is 152 Å². The van der Waals surface area contributed by atoms with Crippen LogP contribution in [0, 0.1) is 17.3 Å². The fourth-order valence-corrected chi connectivity index (χ4v) is 5.55. The molecule has 1 fully saturated rings. The van der Waals surface area contributed by atoms with Crippen LogP contribution in [0.5, 0.6) is 0 Å². The van der Waals surface area contributed by atoms with Crippen LogP contribution >= 0.6 is 0 Å². The minimum Gasteiger partial charge on any atom is -0.359 e. The Morgan fingerprint density at radius 3 is 2.64 bits per heavy atom. The Morgan fingerprint density at radius 1 is 1.16 bits per heavy atom. The zero-order valence-electron chi connectivity index (χ0n) is 16.6. The van der Waals surface area contributed by atoms with Crippen LogP contribution in [0.1, 0.15) is 72.6 Å². The SMILES string of the molecule is COCO[C@H]1C(=O)C2=C(C)[C@@H]3/C(=C(/C)CCC[C@H](C)CC2)CC[C@@]31C. The average Bonchev–Trinajstić information content (AvgIpc) is 2.92. The number of allylic oxidation sites excluding steroid dienone is 3. The number of carbonyl (C=O) groups is 1. The van der Waals surface area contributed by atoms with E-state index in [9.17, 15) is 4.79 Å². The number of hydrogen-bond acceptors (Lipinski definition) is 3. The van der Waals surface area contributed by atoms with Crippen molar-refractivity contribution in [1.29, 1.82) is 0 Å². The Balaban J connectivity index is 2.09. The predicted octanol–water partition coefficient (Wildman–Crippen LogP) is 5.21. The summed E-state index contributed by atoms with van der Waals surface area (Å²) in [6.07, 6.45) is 7.51. The van der Waals surface area contributed by atoms with Crippen molar-refractivity contribution in [3.05, 3.63) is 22.3 Å². The van der Waals surface area contributed by atoms with Gasteiger partial charge in [0, 0.05) is 18.4 Å². The summed E-state index contributed by atoms with van der Waals surface area (Å²) in [7, 11) is 1.63. The van der Waals surface area contributed by atoms with Crippen LogP contribution in [0.3, 0.4) is 0 Å². The molecule has 4 atom stereocenters. The third kappa shape index (κ3) is 3.26. The molecule has 25 heavy (non-hydrogen) atoms. The van der Waals surface area contributed by atoms with Crippen molar-refractivity contribution >= 4 is 5.78 Å². The fraction of sp³-hybridized carbons (Fsp3) is 0.773. The quantitative estimate of drug-likeness (QED) is 0.520. The van der Waals surface area contributed by atoms with Crippen LogP contribution < -0.4 is 0 Å². The van der Waals surface area contributed by atoms with Crippen LogP contribution in [-0.2, 0) is 14.3 Å². The molecule has 0 aromatic carbocycles. The van der Waals surface area contributed by atoms with Crippen molar-refractivity contribution in [2.45, 2.75) is 78.7 Å². The molecule has 3 nitrogen and oxygen atoms in total. The van der Waals surface area contributed by atoms with E-state index in [1.807, 2.05) is 0 Å². The Morgan fingerprint density at radius 2 is 1.92 bits per heavy atom. The fourth-order valence-electron chi connectivity index (χ4n) is 5.55. The lowest BCUT2D eigenvalue weighted by Gasteiger charge is -2.44. The molecule has 2 bridgehead atoms. The van der Waals surface area contributed by atoms with Gasteiger partial charge in [0.05, 0.1) is 0 Å². The number of hydrogen-bond donors (Lipinski definition) is 0. The summed E-state index contributed by atoms with van der Waals surface area (Å²) >= 11 is 0. The summed E-state index contributed by atoms with van der Waals surface area (Å²) < 4.78 is 11.1. The standard InChI is InChI=1S/C22H34O3/c1-14-7-6-8-15(2)17-11-12-22(4)19(17)16(3)18(10-9-14)20(23)21(22)25-13-24-5/h14,19,21H,6-13H2,1-5H3/b17-15-/t14-,19+,21-,22-/m0/s1. The monoisotopic (exact) mass is 346 g/mol. The first-order valence-corrected chi connectivity index (χ1v) is 9.93. The van der Waals surface area contributed by atoms with E-state index in [0.29, 0.717) is 11.8 Å². The van der Waals surface area contributed by atoms with Gasteiger partial charge in [-0.15, -0.1) is 0 Å². The van der Waals surface area contributed by atoms with Crippen LogP contribution in [0.4, 0.5) is 0 Å². The minimum absolute atomic E-state index is 0.126. The first-order chi connectivity index (χ1) is 11.9. The zero-order chi connectivity index (χ0) is 18.2. The van der Waals surface area contributed by atoms with Gasteiger partial charge >= 0.3 is 0 Å². The van der Waals surface area contributed by atoms with Gasteiger partial charge in [-0.1, -0.05) is 37.0 Å². The van der Waals surface area contributed by atoms with Gasteiger partial charge in [-0.3, -0.25) is 4.79 Å². The smallest absolute Gasteiger partial charge is 0.188 e. The highest BCUT2D eigenvalue weighted by molar-refractivity contribution is 6.01. The first-order valence-electron chi connectivity index (χ1n) is 9.93. The maximum Gasteiger partial charge on any atom is 0.188 e. The molecule has 0 unspecified atom stereocenters.